The summed E-state index contributed by atoms with van der Waals surface area (Å²) in [6.07, 6.45) is 1.96. The van der Waals surface area contributed by atoms with Crippen molar-refractivity contribution in [1.82, 2.24) is 10.6 Å². The minimum atomic E-state index is -1.71. The van der Waals surface area contributed by atoms with Crippen LogP contribution in [0, 0.1) is 0 Å². The van der Waals surface area contributed by atoms with E-state index in [4.69, 9.17) is 0 Å². The molecule has 6 nitrogen and oxygen atoms in total. The summed E-state index contributed by atoms with van der Waals surface area (Å²) in [7, 11) is 0. The molecular weight excluding hydrogens is 258 g/mol. The Bertz CT molecular complexity index is 589. The Morgan fingerprint density at radius 2 is 1.95 bits per heavy atom. The molecule has 0 aromatic heterocycles. The average molecular weight is 275 g/mol. The van der Waals surface area contributed by atoms with Crippen LogP contribution in [0.3, 0.4) is 0 Å². The fourth-order valence-corrected chi connectivity index (χ4v) is 3.04. The predicted octanol–water partition coefficient (Wildman–Crippen LogP) is 1.03. The quantitative estimate of drug-likeness (QED) is 0.664. The minimum absolute atomic E-state index is 0.374. The van der Waals surface area contributed by atoms with Crippen LogP contribution >= 0.6 is 0 Å². The third-order valence-corrected chi connectivity index (χ3v) is 4.10. The third kappa shape index (κ3) is 1.48. The Morgan fingerprint density at radius 3 is 2.70 bits per heavy atom. The lowest BCUT2D eigenvalue weighted by Crippen LogP contribution is -2.67. The van der Waals surface area contributed by atoms with E-state index in [0.717, 1.165) is 12.8 Å². The van der Waals surface area contributed by atoms with Gasteiger partial charge in [0.05, 0.1) is 0 Å². The lowest BCUT2D eigenvalue weighted by Gasteiger charge is -2.43. The number of hydrogen-bond acceptors (Lipinski definition) is 3. The average Bonchev–Trinajstić information content (AvgIpc) is 2.70. The van der Waals surface area contributed by atoms with Crippen molar-refractivity contribution < 1.29 is 14.7 Å². The summed E-state index contributed by atoms with van der Waals surface area (Å²) in [6, 6.07) is 6.42. The van der Waals surface area contributed by atoms with Crippen LogP contribution in [0.5, 0.6) is 0 Å². The van der Waals surface area contributed by atoms with Crippen LogP contribution in [0.25, 0.3) is 0 Å². The predicted molar refractivity (Wildman–Crippen MR) is 72.9 cm³/mol. The first kappa shape index (κ1) is 12.9. The Balaban J connectivity index is 2.17. The molecule has 0 radical (unpaired) electrons. The second-order valence-corrected chi connectivity index (χ2v) is 5.30. The number of anilines is 1. The number of carbonyl (C=O) groups excluding carboxylic acids is 2. The van der Waals surface area contributed by atoms with Gasteiger partial charge in [-0.25, -0.2) is 4.79 Å². The molecule has 1 aromatic carbocycles. The molecule has 0 aliphatic carbocycles. The van der Waals surface area contributed by atoms with Gasteiger partial charge in [-0.1, -0.05) is 38.0 Å². The van der Waals surface area contributed by atoms with E-state index in [1.54, 1.807) is 24.3 Å². The summed E-state index contributed by atoms with van der Waals surface area (Å²) < 4.78 is 0. The number of carbonyl (C=O) groups is 2. The molecule has 0 saturated carbocycles. The molecule has 3 rings (SSSR count). The van der Waals surface area contributed by atoms with Crippen molar-refractivity contribution in [2.75, 3.05) is 5.32 Å². The molecule has 106 valence electrons. The highest BCUT2D eigenvalue weighted by Gasteiger charge is 2.65. The number of fused-ring (bicyclic) bond motifs is 3. The fourth-order valence-electron chi connectivity index (χ4n) is 3.04. The van der Waals surface area contributed by atoms with Gasteiger partial charge in [-0.3, -0.25) is 4.79 Å². The topological polar surface area (TPSA) is 90.5 Å². The molecule has 20 heavy (non-hydrogen) atoms. The van der Waals surface area contributed by atoms with Crippen molar-refractivity contribution in [3.8, 4) is 0 Å². The molecule has 6 heteroatoms. The summed E-state index contributed by atoms with van der Waals surface area (Å²) in [5, 5.41) is 18.9. The maximum atomic E-state index is 12.5. The molecule has 2 aliphatic rings. The van der Waals surface area contributed by atoms with Crippen LogP contribution in [0.2, 0.25) is 0 Å². The molecule has 3 amide bonds. The Morgan fingerprint density at radius 1 is 1.20 bits per heavy atom. The van der Waals surface area contributed by atoms with Gasteiger partial charge < -0.3 is 21.1 Å². The van der Waals surface area contributed by atoms with Gasteiger partial charge in [-0.15, -0.1) is 0 Å². The first-order chi connectivity index (χ1) is 9.53. The Labute approximate surface area is 116 Å². The highest BCUT2D eigenvalue weighted by atomic mass is 16.3. The first-order valence-corrected chi connectivity index (χ1v) is 6.77. The second kappa shape index (κ2) is 4.21. The van der Waals surface area contributed by atoms with Crippen molar-refractivity contribution in [1.29, 1.82) is 0 Å². The van der Waals surface area contributed by atoms with Gasteiger partial charge in [-0.2, -0.15) is 0 Å². The zero-order valence-electron chi connectivity index (χ0n) is 11.2. The smallest absolute Gasteiger partial charge is 0.318 e. The van der Waals surface area contributed by atoms with E-state index in [0.29, 0.717) is 17.7 Å². The molecule has 0 unspecified atom stereocenters. The molecule has 2 heterocycles. The van der Waals surface area contributed by atoms with Crippen molar-refractivity contribution in [3.05, 3.63) is 29.8 Å². The number of amides is 3. The molecule has 4 N–H and O–H groups in total. The SMILES string of the molecule is CCCC[C@]12NC(=O)N[C@@]1(O)c1ccccc1NC2=O. The number of unbranched alkanes of at least 4 members (excludes halogenated alkanes) is 1. The van der Waals surface area contributed by atoms with E-state index in [1.165, 1.54) is 0 Å². The van der Waals surface area contributed by atoms with Gasteiger partial charge in [0, 0.05) is 11.3 Å². The Hall–Kier alpha value is -2.08. The molecule has 1 saturated heterocycles. The van der Waals surface area contributed by atoms with Crippen LogP contribution in [0.4, 0.5) is 10.5 Å². The van der Waals surface area contributed by atoms with E-state index >= 15 is 0 Å². The van der Waals surface area contributed by atoms with E-state index in [9.17, 15) is 14.7 Å². The summed E-state index contributed by atoms with van der Waals surface area (Å²) in [5.41, 5.74) is -2.03. The van der Waals surface area contributed by atoms with Crippen molar-refractivity contribution in [2.24, 2.45) is 0 Å². The molecule has 0 bridgehead atoms. The maximum absolute atomic E-state index is 12.5. The zero-order valence-corrected chi connectivity index (χ0v) is 11.2. The number of hydrogen-bond donors (Lipinski definition) is 4. The minimum Gasteiger partial charge on any atom is -0.364 e. The molecule has 0 spiro atoms. The summed E-state index contributed by atoms with van der Waals surface area (Å²) in [4.78, 5) is 24.3. The standard InChI is InChI=1S/C14H17N3O3/c1-2-3-8-13-11(18)15-10-7-5-4-6-9(10)14(13,20)17-12(19)16-13/h4-7,20H,2-3,8H2,1H3,(H,15,18)(H2,16,17,19)/t13-,14-/m1/s1. The van der Waals surface area contributed by atoms with E-state index in [-0.39, 0.29) is 5.91 Å². The second-order valence-electron chi connectivity index (χ2n) is 5.30. The summed E-state index contributed by atoms with van der Waals surface area (Å²) in [5.74, 6) is -0.384. The molecule has 1 fully saturated rings. The largest absolute Gasteiger partial charge is 0.364 e. The van der Waals surface area contributed by atoms with Crippen molar-refractivity contribution in [3.63, 3.8) is 0 Å². The van der Waals surface area contributed by atoms with Gasteiger partial charge in [0.1, 0.15) is 0 Å². The first-order valence-electron chi connectivity index (χ1n) is 6.77. The van der Waals surface area contributed by atoms with Crippen LogP contribution in [-0.4, -0.2) is 22.6 Å². The zero-order chi connectivity index (χ0) is 14.4. The number of rotatable bonds is 3. The number of nitrogens with one attached hydrogen (secondary N) is 3. The molecule has 2 aliphatic heterocycles. The molecule has 2 atom stereocenters. The van der Waals surface area contributed by atoms with Crippen LogP contribution < -0.4 is 16.0 Å². The van der Waals surface area contributed by atoms with Gasteiger partial charge in [0.15, 0.2) is 5.54 Å². The highest BCUT2D eigenvalue weighted by molar-refractivity contribution is 6.07. The normalized spacial score (nSPS) is 30.9. The van der Waals surface area contributed by atoms with Crippen LogP contribution in [0.15, 0.2) is 24.3 Å². The summed E-state index contributed by atoms with van der Waals surface area (Å²) in [6.45, 7) is 1.99. The third-order valence-electron chi connectivity index (χ3n) is 4.10. The van der Waals surface area contributed by atoms with Crippen LogP contribution in [-0.2, 0) is 10.5 Å². The van der Waals surface area contributed by atoms with Gasteiger partial charge in [0.25, 0.3) is 5.91 Å². The van der Waals surface area contributed by atoms with E-state index < -0.39 is 17.3 Å². The van der Waals surface area contributed by atoms with Crippen molar-refractivity contribution >= 4 is 17.6 Å². The van der Waals surface area contributed by atoms with Crippen molar-refractivity contribution in [2.45, 2.75) is 37.5 Å². The fraction of sp³-hybridized carbons (Fsp3) is 0.429. The van der Waals surface area contributed by atoms with E-state index in [1.807, 2.05) is 6.92 Å². The number of aliphatic hydroxyl groups is 1. The molecular formula is C14H17N3O3. The van der Waals surface area contributed by atoms with Gasteiger partial charge in [0.2, 0.25) is 5.72 Å². The number of urea groups is 1. The summed E-state index contributed by atoms with van der Waals surface area (Å²) >= 11 is 0. The number of para-hydroxylation sites is 1. The van der Waals surface area contributed by atoms with Gasteiger partial charge >= 0.3 is 6.03 Å². The highest BCUT2D eigenvalue weighted by Crippen LogP contribution is 2.45. The molecule has 1 aromatic rings. The number of benzene rings is 1. The van der Waals surface area contributed by atoms with Gasteiger partial charge in [-0.05, 0) is 12.5 Å². The van der Waals surface area contributed by atoms with E-state index in [2.05, 4.69) is 16.0 Å². The lowest BCUT2D eigenvalue weighted by molar-refractivity contribution is -0.137. The monoisotopic (exact) mass is 275 g/mol. The Kier molecular flexibility index (Phi) is 2.72. The van der Waals surface area contributed by atoms with Crippen LogP contribution in [0.1, 0.15) is 31.7 Å². The maximum Gasteiger partial charge on any atom is 0.318 e. The lowest BCUT2D eigenvalue weighted by atomic mass is 9.75.